The normalized spacial score (nSPS) is 21.4. The zero-order valence-electron chi connectivity index (χ0n) is 15.9. The van der Waals surface area contributed by atoms with Crippen LogP contribution in [0.2, 0.25) is 0 Å². The number of carbonyl (C=O) groups is 1. The Bertz CT molecular complexity index is 822. The fourth-order valence-corrected chi connectivity index (χ4v) is 4.03. The highest BCUT2D eigenvalue weighted by Crippen LogP contribution is 2.33. The van der Waals surface area contributed by atoms with Crippen molar-refractivity contribution in [3.05, 3.63) is 53.6 Å². The maximum Gasteiger partial charge on any atom is 0.189 e. The first-order chi connectivity index (χ1) is 13.2. The number of nitrogens with zero attached hydrogens (tertiary/aromatic N) is 1. The lowest BCUT2D eigenvalue weighted by atomic mass is 9.97. The van der Waals surface area contributed by atoms with Gasteiger partial charge in [-0.15, -0.1) is 0 Å². The molecule has 2 aliphatic rings. The summed E-state index contributed by atoms with van der Waals surface area (Å²) in [5.74, 6) is 1.79. The van der Waals surface area contributed by atoms with E-state index in [0.29, 0.717) is 6.54 Å². The number of ether oxygens (including phenoxy) is 2. The summed E-state index contributed by atoms with van der Waals surface area (Å²) in [6.45, 7) is 4.08. The summed E-state index contributed by atoms with van der Waals surface area (Å²) in [6.07, 6.45) is 1.31. The van der Waals surface area contributed by atoms with Gasteiger partial charge in [-0.25, -0.2) is 0 Å². The number of anilines is 1. The highest BCUT2D eigenvalue weighted by molar-refractivity contribution is 5.87. The average molecular weight is 366 g/mol. The average Bonchev–Trinajstić information content (AvgIpc) is 2.72. The molecule has 0 saturated carbocycles. The van der Waals surface area contributed by atoms with Gasteiger partial charge in [0, 0.05) is 18.7 Å². The van der Waals surface area contributed by atoms with Gasteiger partial charge in [0.1, 0.15) is 11.5 Å². The van der Waals surface area contributed by atoms with Gasteiger partial charge in [-0.3, -0.25) is 9.69 Å². The van der Waals surface area contributed by atoms with E-state index in [1.54, 1.807) is 7.11 Å². The molecule has 5 nitrogen and oxygen atoms in total. The fourth-order valence-electron chi connectivity index (χ4n) is 4.03. The Morgan fingerprint density at radius 2 is 2.11 bits per heavy atom. The predicted molar refractivity (Wildman–Crippen MR) is 106 cm³/mol. The maximum atomic E-state index is 13.1. The molecule has 2 aromatic carbocycles. The third kappa shape index (κ3) is 3.52. The summed E-state index contributed by atoms with van der Waals surface area (Å²) in [5, 5.41) is 3.46. The van der Waals surface area contributed by atoms with Gasteiger partial charge >= 0.3 is 0 Å². The lowest BCUT2D eigenvalue weighted by Crippen LogP contribution is -2.50. The topological polar surface area (TPSA) is 50.8 Å². The van der Waals surface area contributed by atoms with E-state index >= 15 is 0 Å². The summed E-state index contributed by atoms with van der Waals surface area (Å²) in [7, 11) is 1.70. The number of carbonyl (C=O) groups excluding carboxylic acids is 1. The molecule has 2 aliphatic heterocycles. The van der Waals surface area contributed by atoms with Gasteiger partial charge in [-0.2, -0.15) is 0 Å². The quantitative estimate of drug-likeness (QED) is 0.880. The Hall–Kier alpha value is -2.53. The third-order valence-electron chi connectivity index (χ3n) is 5.51. The van der Waals surface area contributed by atoms with E-state index in [9.17, 15) is 4.79 Å². The molecular formula is C22H26N2O3. The van der Waals surface area contributed by atoms with Crippen molar-refractivity contribution >= 4 is 11.5 Å². The van der Waals surface area contributed by atoms with Crippen LogP contribution in [-0.4, -0.2) is 43.0 Å². The van der Waals surface area contributed by atoms with Crippen LogP contribution in [0.5, 0.6) is 11.5 Å². The first-order valence-corrected chi connectivity index (χ1v) is 9.61. The molecule has 0 radical (unpaired) electrons. The van der Waals surface area contributed by atoms with Gasteiger partial charge in [0.25, 0.3) is 0 Å². The van der Waals surface area contributed by atoms with Gasteiger partial charge in [-0.05, 0) is 36.6 Å². The molecule has 0 saturated heterocycles. The van der Waals surface area contributed by atoms with Crippen molar-refractivity contribution in [3.8, 4) is 11.5 Å². The number of Topliss-reactive ketones (excluding diaryl/α,β-unsaturated/α-hetero) is 1. The van der Waals surface area contributed by atoms with Crippen LogP contribution in [0, 0.1) is 0 Å². The monoisotopic (exact) mass is 366 g/mol. The lowest BCUT2D eigenvalue weighted by Gasteiger charge is -2.35. The number of hydrogen-bond donors (Lipinski definition) is 1. The number of hydrogen-bond acceptors (Lipinski definition) is 5. The highest BCUT2D eigenvalue weighted by atomic mass is 16.5. The molecule has 0 amide bonds. The first-order valence-electron chi connectivity index (χ1n) is 9.61. The number of para-hydroxylation sites is 2. The molecule has 0 spiro atoms. The summed E-state index contributed by atoms with van der Waals surface area (Å²) in [5.41, 5.74) is 3.47. The van der Waals surface area contributed by atoms with Crippen molar-refractivity contribution in [3.63, 3.8) is 0 Å². The van der Waals surface area contributed by atoms with Crippen LogP contribution in [0.15, 0.2) is 42.5 Å². The van der Waals surface area contributed by atoms with Gasteiger partial charge in [0.2, 0.25) is 0 Å². The van der Waals surface area contributed by atoms with Crippen molar-refractivity contribution in [1.29, 1.82) is 0 Å². The van der Waals surface area contributed by atoms with E-state index in [1.165, 1.54) is 11.1 Å². The second-order valence-electron chi connectivity index (χ2n) is 7.22. The van der Waals surface area contributed by atoms with Crippen molar-refractivity contribution in [2.24, 2.45) is 0 Å². The molecule has 5 heteroatoms. The van der Waals surface area contributed by atoms with Gasteiger partial charge < -0.3 is 14.8 Å². The number of rotatable bonds is 5. The molecule has 1 N–H and O–H groups in total. The Morgan fingerprint density at radius 1 is 1.26 bits per heavy atom. The first kappa shape index (κ1) is 17.9. The Balaban J connectivity index is 1.48. The number of methoxy groups -OCH3 is 1. The highest BCUT2D eigenvalue weighted by Gasteiger charge is 2.35. The lowest BCUT2D eigenvalue weighted by molar-refractivity contribution is -0.128. The molecule has 2 heterocycles. The zero-order valence-corrected chi connectivity index (χ0v) is 15.9. The fraction of sp³-hybridized carbons (Fsp3) is 0.409. The minimum absolute atomic E-state index is 0.000914. The number of fused-ring (bicyclic) bond motifs is 2. The van der Waals surface area contributed by atoms with Crippen LogP contribution >= 0.6 is 0 Å². The van der Waals surface area contributed by atoms with Gasteiger partial charge in [0.05, 0.1) is 25.4 Å². The maximum absolute atomic E-state index is 13.1. The molecule has 2 atom stereocenters. The van der Waals surface area contributed by atoms with Crippen molar-refractivity contribution in [1.82, 2.24) is 4.90 Å². The minimum atomic E-state index is -0.455. The van der Waals surface area contributed by atoms with E-state index in [1.807, 2.05) is 36.4 Å². The molecule has 0 fully saturated rings. The van der Waals surface area contributed by atoms with Crippen LogP contribution < -0.4 is 14.8 Å². The summed E-state index contributed by atoms with van der Waals surface area (Å²) >= 11 is 0. The second kappa shape index (κ2) is 7.61. The second-order valence-corrected chi connectivity index (χ2v) is 7.22. The molecule has 142 valence electrons. The van der Waals surface area contributed by atoms with E-state index in [-0.39, 0.29) is 11.8 Å². The van der Waals surface area contributed by atoms with E-state index < -0.39 is 6.10 Å². The molecule has 0 bridgehead atoms. The number of ketones is 1. The SMILES string of the molecule is CCC1Nc2ccccc2OC1C(=O)CN1CCc2cccc(OC)c2C1. The van der Waals surface area contributed by atoms with Crippen LogP contribution in [0.4, 0.5) is 5.69 Å². The van der Waals surface area contributed by atoms with Crippen LogP contribution in [0.25, 0.3) is 0 Å². The number of nitrogens with one attached hydrogen (secondary N) is 1. The Kier molecular flexibility index (Phi) is 5.03. The number of benzene rings is 2. The van der Waals surface area contributed by atoms with Gasteiger partial charge in [-0.1, -0.05) is 31.2 Å². The molecule has 27 heavy (non-hydrogen) atoms. The van der Waals surface area contributed by atoms with Crippen molar-refractivity contribution in [2.75, 3.05) is 25.5 Å². The smallest absolute Gasteiger partial charge is 0.189 e. The largest absolute Gasteiger partial charge is 0.496 e. The molecule has 0 aliphatic carbocycles. The van der Waals surface area contributed by atoms with E-state index in [0.717, 1.165) is 43.1 Å². The van der Waals surface area contributed by atoms with Crippen LogP contribution in [0.1, 0.15) is 24.5 Å². The summed E-state index contributed by atoms with van der Waals surface area (Å²) in [6, 6.07) is 14.0. The van der Waals surface area contributed by atoms with Gasteiger partial charge in [0.15, 0.2) is 11.9 Å². The van der Waals surface area contributed by atoms with Crippen LogP contribution in [0.3, 0.4) is 0 Å². The molecule has 2 unspecified atom stereocenters. The Labute approximate surface area is 160 Å². The van der Waals surface area contributed by atoms with Crippen molar-refractivity contribution in [2.45, 2.75) is 38.5 Å². The van der Waals surface area contributed by atoms with Crippen molar-refractivity contribution < 1.29 is 14.3 Å². The molecule has 2 aromatic rings. The third-order valence-corrected chi connectivity index (χ3v) is 5.51. The van der Waals surface area contributed by atoms with E-state index in [2.05, 4.69) is 23.2 Å². The van der Waals surface area contributed by atoms with E-state index in [4.69, 9.17) is 9.47 Å². The zero-order chi connectivity index (χ0) is 18.8. The summed E-state index contributed by atoms with van der Waals surface area (Å²) in [4.78, 5) is 15.3. The predicted octanol–water partition coefficient (Wildman–Crippen LogP) is 3.27. The molecule has 0 aromatic heterocycles. The molecular weight excluding hydrogens is 340 g/mol. The summed E-state index contributed by atoms with van der Waals surface area (Å²) < 4.78 is 11.6. The van der Waals surface area contributed by atoms with Crippen LogP contribution in [-0.2, 0) is 17.8 Å². The standard InChI is InChI=1S/C22H26N2O3/c1-3-17-22(27-21-9-5-4-8-18(21)23-17)19(25)14-24-12-11-15-7-6-10-20(26-2)16(15)13-24/h4-10,17,22-23H,3,11-14H2,1-2H3. The Morgan fingerprint density at radius 3 is 2.93 bits per heavy atom. The minimum Gasteiger partial charge on any atom is -0.496 e. The molecule has 4 rings (SSSR count).